The summed E-state index contributed by atoms with van der Waals surface area (Å²) in [6.07, 6.45) is 1.35. The predicted octanol–water partition coefficient (Wildman–Crippen LogP) is 2.72. The molecule has 2 heterocycles. The van der Waals surface area contributed by atoms with E-state index in [1.54, 1.807) is 72.9 Å². The predicted molar refractivity (Wildman–Crippen MR) is 121 cm³/mol. The van der Waals surface area contributed by atoms with Gasteiger partial charge in [-0.25, -0.2) is 9.59 Å². The molecule has 1 aromatic heterocycles. The van der Waals surface area contributed by atoms with Crippen LogP contribution in [0.4, 0.5) is 5.82 Å². The number of hydrogen-bond acceptors (Lipinski definition) is 7. The average molecular weight is 452 g/mol. The second-order valence-corrected chi connectivity index (χ2v) is 8.60. The minimum absolute atomic E-state index is 0.147. The van der Waals surface area contributed by atoms with Crippen molar-refractivity contribution in [3.63, 3.8) is 0 Å². The smallest absolute Gasteiger partial charge is 0.350 e. The third-order valence-corrected chi connectivity index (χ3v) is 6.58. The van der Waals surface area contributed by atoms with Crippen LogP contribution in [0.5, 0.6) is 0 Å². The lowest BCUT2D eigenvalue weighted by molar-refractivity contribution is 0.0254. The van der Waals surface area contributed by atoms with Gasteiger partial charge in [0.1, 0.15) is 11.9 Å². The van der Waals surface area contributed by atoms with Crippen LogP contribution >= 0.6 is 11.8 Å². The Morgan fingerprint density at radius 1 is 1.06 bits per heavy atom. The molecule has 8 nitrogen and oxygen atoms in total. The molecule has 4 rings (SSSR count). The third kappa shape index (κ3) is 4.90. The molecule has 1 unspecified atom stereocenters. The third-order valence-electron chi connectivity index (χ3n) is 5.05. The first-order chi connectivity index (χ1) is 15.5. The van der Waals surface area contributed by atoms with Crippen molar-refractivity contribution in [2.45, 2.75) is 23.1 Å². The van der Waals surface area contributed by atoms with Crippen LogP contribution < -0.4 is 11.0 Å². The first-order valence-corrected chi connectivity index (χ1v) is 11.0. The number of amides is 1. The number of benzene rings is 2. The Balaban J connectivity index is 1.45. The summed E-state index contributed by atoms with van der Waals surface area (Å²) in [4.78, 5) is 41.2. The number of carbonyl (C=O) groups is 2. The quantitative estimate of drug-likeness (QED) is 0.555. The number of carbonyl (C=O) groups excluding carboxylic acids is 2. The van der Waals surface area contributed by atoms with Gasteiger partial charge in [0.2, 0.25) is 0 Å². The first kappa shape index (κ1) is 21.8. The molecule has 2 N–H and O–H groups in total. The number of nitrogens with zero attached hydrogens (tertiary/aromatic N) is 2. The van der Waals surface area contributed by atoms with Crippen molar-refractivity contribution in [1.82, 2.24) is 9.55 Å². The van der Waals surface area contributed by atoms with Crippen LogP contribution in [-0.2, 0) is 4.74 Å². The summed E-state index contributed by atoms with van der Waals surface area (Å²) < 4.78 is 7.02. The Morgan fingerprint density at radius 2 is 1.72 bits per heavy atom. The van der Waals surface area contributed by atoms with Crippen molar-refractivity contribution in [2.24, 2.45) is 0 Å². The van der Waals surface area contributed by atoms with Crippen molar-refractivity contribution in [3.05, 3.63) is 94.5 Å². The Hall–Kier alpha value is -3.43. The average Bonchev–Trinajstić information content (AvgIpc) is 3.22. The molecule has 2 aromatic carbocycles. The molecule has 1 amide bonds. The molecule has 3 atom stereocenters. The summed E-state index contributed by atoms with van der Waals surface area (Å²) in [5.74, 6) is -0.688. The van der Waals surface area contributed by atoms with Gasteiger partial charge in [-0.2, -0.15) is 4.98 Å². The number of aliphatic hydroxyl groups is 1. The summed E-state index contributed by atoms with van der Waals surface area (Å²) in [6, 6.07) is 18.8. The number of aliphatic hydroxyl groups excluding tert-OH is 1. The Morgan fingerprint density at radius 3 is 2.34 bits per heavy atom. The fourth-order valence-electron chi connectivity index (χ4n) is 3.42. The molecule has 1 saturated heterocycles. The Labute approximate surface area is 188 Å². The van der Waals surface area contributed by atoms with E-state index >= 15 is 0 Å². The molecule has 0 bridgehead atoms. The van der Waals surface area contributed by atoms with Gasteiger partial charge in [-0.05, 0) is 30.3 Å². The lowest BCUT2D eigenvalue weighted by Crippen LogP contribution is -2.28. The van der Waals surface area contributed by atoms with Gasteiger partial charge in [0, 0.05) is 18.2 Å². The van der Waals surface area contributed by atoms with E-state index < -0.39 is 17.8 Å². The van der Waals surface area contributed by atoms with E-state index in [-0.39, 0.29) is 29.0 Å². The van der Waals surface area contributed by atoms with Gasteiger partial charge in [-0.15, -0.1) is 11.8 Å². The number of anilines is 1. The zero-order valence-electron chi connectivity index (χ0n) is 17.0. The normalized spacial score (nSPS) is 20.0. The number of aromatic nitrogens is 2. The molecule has 0 spiro atoms. The summed E-state index contributed by atoms with van der Waals surface area (Å²) in [7, 11) is 0. The van der Waals surface area contributed by atoms with Crippen molar-refractivity contribution in [2.75, 3.05) is 11.9 Å². The van der Waals surface area contributed by atoms with Crippen LogP contribution in [0.25, 0.3) is 0 Å². The van der Waals surface area contributed by atoms with Gasteiger partial charge in [0.15, 0.2) is 0 Å². The number of thioether (sulfide) groups is 1. The van der Waals surface area contributed by atoms with E-state index in [0.717, 1.165) is 0 Å². The van der Waals surface area contributed by atoms with Gasteiger partial charge >= 0.3 is 11.7 Å². The second kappa shape index (κ2) is 9.80. The highest BCUT2D eigenvalue weighted by Crippen LogP contribution is 2.42. The first-order valence-electron chi connectivity index (χ1n) is 10.0. The lowest BCUT2D eigenvalue weighted by atomic mass is 10.1. The largest absolute Gasteiger partial charge is 0.457 e. The van der Waals surface area contributed by atoms with Crippen molar-refractivity contribution in [1.29, 1.82) is 0 Å². The molecule has 1 aliphatic heterocycles. The molecule has 1 aliphatic rings. The number of rotatable bonds is 6. The van der Waals surface area contributed by atoms with Crippen LogP contribution in [0.3, 0.4) is 0 Å². The van der Waals surface area contributed by atoms with Crippen molar-refractivity contribution < 1.29 is 19.4 Å². The molecule has 0 aliphatic carbocycles. The number of hydrogen-bond donors (Lipinski definition) is 2. The fraction of sp³-hybridized carbons (Fsp3) is 0.217. The number of nitrogens with one attached hydrogen (secondary N) is 1. The van der Waals surface area contributed by atoms with Gasteiger partial charge in [-0.3, -0.25) is 9.36 Å². The maximum absolute atomic E-state index is 12.6. The maximum atomic E-state index is 12.6. The second-order valence-electron chi connectivity index (χ2n) is 7.18. The molecule has 9 heteroatoms. The van der Waals surface area contributed by atoms with Gasteiger partial charge < -0.3 is 15.2 Å². The molecular weight excluding hydrogens is 430 g/mol. The minimum Gasteiger partial charge on any atom is -0.457 e. The van der Waals surface area contributed by atoms with Gasteiger partial charge in [-0.1, -0.05) is 36.4 Å². The molecule has 3 aromatic rings. The SMILES string of the molecule is O=C(Nc1ccn(C2C[C@@H](OC(=O)c3ccccc3)[C@@H](CO)S2)c(=O)n1)c1ccccc1. The molecule has 32 heavy (non-hydrogen) atoms. The number of esters is 1. The van der Waals surface area contributed by atoms with Crippen LogP contribution in [0, 0.1) is 0 Å². The lowest BCUT2D eigenvalue weighted by Gasteiger charge is -2.16. The van der Waals surface area contributed by atoms with E-state index in [1.807, 2.05) is 0 Å². The number of ether oxygens (including phenoxy) is 1. The summed E-state index contributed by atoms with van der Waals surface area (Å²) >= 11 is 1.35. The van der Waals surface area contributed by atoms with Crippen LogP contribution in [0.2, 0.25) is 0 Å². The van der Waals surface area contributed by atoms with E-state index in [4.69, 9.17) is 4.74 Å². The summed E-state index contributed by atoms with van der Waals surface area (Å²) in [5, 5.41) is 11.6. The Kier molecular flexibility index (Phi) is 6.67. The van der Waals surface area contributed by atoms with E-state index in [0.29, 0.717) is 17.5 Å². The summed E-state index contributed by atoms with van der Waals surface area (Å²) in [5.41, 5.74) is 0.341. The zero-order valence-corrected chi connectivity index (χ0v) is 17.8. The van der Waals surface area contributed by atoms with E-state index in [1.165, 1.54) is 16.3 Å². The highest BCUT2D eigenvalue weighted by Gasteiger charge is 2.38. The van der Waals surface area contributed by atoms with E-state index in [2.05, 4.69) is 10.3 Å². The summed E-state index contributed by atoms with van der Waals surface area (Å²) in [6.45, 7) is -0.193. The Bertz CT molecular complexity index is 1150. The molecule has 0 saturated carbocycles. The minimum atomic E-state index is -0.549. The molecular formula is C23H21N3O5S. The monoisotopic (exact) mass is 451 g/mol. The van der Waals surface area contributed by atoms with Crippen molar-refractivity contribution in [3.8, 4) is 0 Å². The van der Waals surface area contributed by atoms with Gasteiger partial charge in [0.25, 0.3) is 5.91 Å². The maximum Gasteiger partial charge on any atom is 0.350 e. The zero-order chi connectivity index (χ0) is 22.5. The van der Waals surface area contributed by atoms with Crippen LogP contribution in [-0.4, -0.2) is 44.5 Å². The topological polar surface area (TPSA) is 111 Å². The van der Waals surface area contributed by atoms with Crippen LogP contribution in [0.1, 0.15) is 32.5 Å². The molecule has 1 fully saturated rings. The van der Waals surface area contributed by atoms with Gasteiger partial charge in [0.05, 0.1) is 22.8 Å². The highest BCUT2D eigenvalue weighted by atomic mass is 32.2. The van der Waals surface area contributed by atoms with Crippen molar-refractivity contribution >= 4 is 29.5 Å². The van der Waals surface area contributed by atoms with Crippen LogP contribution in [0.15, 0.2) is 77.7 Å². The fourth-order valence-corrected chi connectivity index (χ4v) is 4.84. The van der Waals surface area contributed by atoms with E-state index in [9.17, 15) is 19.5 Å². The standard InChI is InChI=1S/C23H21N3O5S/c27-14-18-17(31-22(29)16-9-5-2-6-10-16)13-20(32-18)26-12-11-19(25-23(26)30)24-21(28)15-7-3-1-4-8-15/h1-12,17-18,20,27H,13-14H2,(H,24,25,28,30)/t17-,18-,20?/m1/s1. The highest BCUT2D eigenvalue weighted by molar-refractivity contribution is 8.00. The molecule has 164 valence electrons. The molecule has 0 radical (unpaired) electrons.